The molecule has 0 aromatic heterocycles. The van der Waals surface area contributed by atoms with Crippen LogP contribution < -0.4 is 4.90 Å². The molecular formula is C22H23N3O4. The van der Waals surface area contributed by atoms with Crippen LogP contribution in [0.2, 0.25) is 0 Å². The molecule has 2 aromatic carbocycles. The number of hydroxylamine groups is 2. The lowest BCUT2D eigenvalue weighted by Crippen LogP contribution is -2.47. The van der Waals surface area contributed by atoms with Gasteiger partial charge in [0.1, 0.15) is 0 Å². The fourth-order valence-corrected chi connectivity index (χ4v) is 3.70. The van der Waals surface area contributed by atoms with Gasteiger partial charge in [0.2, 0.25) is 0 Å². The fourth-order valence-electron chi connectivity index (χ4n) is 3.70. The highest BCUT2D eigenvalue weighted by molar-refractivity contribution is 6.20. The second-order valence-electron chi connectivity index (χ2n) is 7.33. The minimum absolute atomic E-state index is 0.123. The molecule has 2 amide bonds. The predicted molar refractivity (Wildman–Crippen MR) is 107 cm³/mol. The second-order valence-corrected chi connectivity index (χ2v) is 7.33. The number of fused-ring (bicyclic) bond motifs is 1. The van der Waals surface area contributed by atoms with Crippen LogP contribution in [0.1, 0.15) is 32.7 Å². The van der Waals surface area contributed by atoms with E-state index in [1.165, 1.54) is 11.3 Å². The number of imide groups is 1. The molecule has 0 N–H and O–H groups in total. The lowest BCUT2D eigenvalue weighted by Gasteiger charge is -2.36. The summed E-state index contributed by atoms with van der Waals surface area (Å²) in [6, 6.07) is 14.9. The highest BCUT2D eigenvalue weighted by Gasteiger charge is 2.38. The lowest BCUT2D eigenvalue weighted by atomic mass is 10.1. The number of benzene rings is 2. The molecule has 0 bridgehead atoms. The largest absolute Gasteiger partial charge is 0.369 e. The van der Waals surface area contributed by atoms with Crippen molar-refractivity contribution in [3.63, 3.8) is 0 Å². The van der Waals surface area contributed by atoms with E-state index in [2.05, 4.69) is 41.0 Å². The number of anilines is 1. The van der Waals surface area contributed by atoms with Crippen LogP contribution in [0.15, 0.2) is 48.5 Å². The standard InChI is InChI=1S/C22H23N3O4/c1-16-5-4-6-17(15-16)24-13-11-23(12-14-24)10-9-20(26)29-25-21(27)18-7-2-3-8-19(18)22(25)28/h2-8,15H,9-14H2,1H3. The van der Waals surface area contributed by atoms with Crippen LogP contribution in [0.3, 0.4) is 0 Å². The molecular weight excluding hydrogens is 370 g/mol. The number of rotatable bonds is 5. The summed E-state index contributed by atoms with van der Waals surface area (Å²) in [5, 5.41) is 0.572. The molecule has 2 heterocycles. The molecule has 1 saturated heterocycles. The first-order chi connectivity index (χ1) is 14.0. The van der Waals surface area contributed by atoms with Gasteiger partial charge in [-0.1, -0.05) is 29.3 Å². The zero-order chi connectivity index (χ0) is 20.4. The summed E-state index contributed by atoms with van der Waals surface area (Å²) >= 11 is 0. The maximum atomic E-state index is 12.3. The molecule has 29 heavy (non-hydrogen) atoms. The average molecular weight is 393 g/mol. The number of nitrogens with zero attached hydrogens (tertiary/aromatic N) is 3. The smallest absolute Gasteiger partial charge is 0.334 e. The summed E-state index contributed by atoms with van der Waals surface area (Å²) in [6.07, 6.45) is 0.123. The highest BCUT2D eigenvalue weighted by atomic mass is 16.7. The molecule has 0 radical (unpaired) electrons. The van der Waals surface area contributed by atoms with Gasteiger partial charge in [-0.2, -0.15) is 0 Å². The Hall–Kier alpha value is -3.19. The van der Waals surface area contributed by atoms with Crippen LogP contribution in [-0.2, 0) is 9.63 Å². The summed E-state index contributed by atoms with van der Waals surface area (Å²) in [5.41, 5.74) is 2.98. The Morgan fingerprint density at radius 2 is 1.59 bits per heavy atom. The lowest BCUT2D eigenvalue weighted by molar-refractivity contribution is -0.168. The van der Waals surface area contributed by atoms with Crippen molar-refractivity contribution in [2.24, 2.45) is 0 Å². The van der Waals surface area contributed by atoms with E-state index in [0.29, 0.717) is 11.6 Å². The number of aryl methyl sites for hydroxylation is 1. The number of piperazine rings is 1. The van der Waals surface area contributed by atoms with Crippen molar-refractivity contribution in [2.75, 3.05) is 37.6 Å². The van der Waals surface area contributed by atoms with Crippen molar-refractivity contribution in [1.82, 2.24) is 9.96 Å². The molecule has 0 unspecified atom stereocenters. The molecule has 4 rings (SSSR count). The maximum Gasteiger partial charge on any atom is 0.334 e. The van der Waals surface area contributed by atoms with E-state index in [-0.39, 0.29) is 17.5 Å². The number of carbonyl (C=O) groups is 3. The molecule has 1 fully saturated rings. The molecule has 0 aliphatic carbocycles. The van der Waals surface area contributed by atoms with Gasteiger partial charge >= 0.3 is 5.97 Å². The Morgan fingerprint density at radius 1 is 0.931 bits per heavy atom. The zero-order valence-corrected chi connectivity index (χ0v) is 16.3. The van der Waals surface area contributed by atoms with E-state index >= 15 is 0 Å². The van der Waals surface area contributed by atoms with E-state index in [0.717, 1.165) is 26.2 Å². The SMILES string of the molecule is Cc1cccc(N2CCN(CCC(=O)ON3C(=O)c4ccccc4C3=O)CC2)c1. The minimum atomic E-state index is -0.592. The van der Waals surface area contributed by atoms with Gasteiger partial charge < -0.3 is 9.74 Å². The third-order valence-corrected chi connectivity index (χ3v) is 5.32. The molecule has 0 atom stereocenters. The van der Waals surface area contributed by atoms with E-state index in [9.17, 15) is 14.4 Å². The van der Waals surface area contributed by atoms with Gasteiger partial charge in [0, 0.05) is 38.4 Å². The van der Waals surface area contributed by atoms with E-state index in [1.54, 1.807) is 24.3 Å². The van der Waals surface area contributed by atoms with E-state index < -0.39 is 17.8 Å². The summed E-state index contributed by atoms with van der Waals surface area (Å²) in [7, 11) is 0. The average Bonchev–Trinajstić information content (AvgIpc) is 2.98. The van der Waals surface area contributed by atoms with Crippen molar-refractivity contribution in [3.05, 3.63) is 65.2 Å². The van der Waals surface area contributed by atoms with Gasteiger partial charge in [0.25, 0.3) is 11.8 Å². The third kappa shape index (κ3) is 4.00. The molecule has 2 aromatic rings. The number of hydrogen-bond donors (Lipinski definition) is 0. The van der Waals surface area contributed by atoms with Crippen LogP contribution >= 0.6 is 0 Å². The fraction of sp³-hybridized carbons (Fsp3) is 0.318. The van der Waals surface area contributed by atoms with Crippen molar-refractivity contribution in [1.29, 1.82) is 0 Å². The Kier molecular flexibility index (Phi) is 5.31. The Labute approximate surface area is 169 Å². The predicted octanol–water partition coefficient (Wildman–Crippen LogP) is 2.26. The van der Waals surface area contributed by atoms with Gasteiger partial charge in [0.05, 0.1) is 17.5 Å². The van der Waals surface area contributed by atoms with Gasteiger partial charge in [-0.3, -0.25) is 14.5 Å². The first kappa shape index (κ1) is 19.1. The van der Waals surface area contributed by atoms with Crippen molar-refractivity contribution in [3.8, 4) is 0 Å². The summed E-state index contributed by atoms with van der Waals surface area (Å²) in [6.45, 7) is 6.07. The molecule has 7 nitrogen and oxygen atoms in total. The normalized spacial score (nSPS) is 16.9. The minimum Gasteiger partial charge on any atom is -0.369 e. The molecule has 2 aliphatic rings. The second kappa shape index (κ2) is 8.05. The Bertz CT molecular complexity index is 916. The van der Waals surface area contributed by atoms with Crippen LogP contribution in [0, 0.1) is 6.92 Å². The quantitative estimate of drug-likeness (QED) is 0.726. The van der Waals surface area contributed by atoms with Gasteiger partial charge in [0.15, 0.2) is 0 Å². The molecule has 150 valence electrons. The number of amides is 2. The summed E-state index contributed by atoms with van der Waals surface area (Å²) in [5.74, 6) is -1.77. The summed E-state index contributed by atoms with van der Waals surface area (Å²) in [4.78, 5) is 46.3. The van der Waals surface area contributed by atoms with Crippen LogP contribution in [0.5, 0.6) is 0 Å². The van der Waals surface area contributed by atoms with Gasteiger partial charge in [-0.05, 0) is 36.8 Å². The van der Waals surface area contributed by atoms with Gasteiger partial charge in [-0.15, -0.1) is 0 Å². The van der Waals surface area contributed by atoms with E-state index in [1.807, 2.05) is 0 Å². The first-order valence-electron chi connectivity index (χ1n) is 9.75. The highest BCUT2D eigenvalue weighted by Crippen LogP contribution is 2.23. The van der Waals surface area contributed by atoms with Crippen LogP contribution in [-0.4, -0.2) is 60.5 Å². The maximum absolute atomic E-state index is 12.3. The van der Waals surface area contributed by atoms with Crippen LogP contribution in [0.25, 0.3) is 0 Å². The third-order valence-electron chi connectivity index (χ3n) is 5.32. The number of carbonyl (C=O) groups excluding carboxylic acids is 3. The first-order valence-corrected chi connectivity index (χ1v) is 9.75. The molecule has 0 spiro atoms. The van der Waals surface area contributed by atoms with Gasteiger partial charge in [-0.25, -0.2) is 4.79 Å². The Balaban J connectivity index is 1.25. The molecule has 0 saturated carbocycles. The Morgan fingerprint density at radius 3 is 2.21 bits per heavy atom. The topological polar surface area (TPSA) is 70.2 Å². The van der Waals surface area contributed by atoms with Crippen LogP contribution in [0.4, 0.5) is 5.69 Å². The van der Waals surface area contributed by atoms with Crippen molar-refractivity contribution >= 4 is 23.5 Å². The number of hydrogen-bond acceptors (Lipinski definition) is 6. The zero-order valence-electron chi connectivity index (χ0n) is 16.3. The van der Waals surface area contributed by atoms with Crippen molar-refractivity contribution < 1.29 is 19.2 Å². The van der Waals surface area contributed by atoms with Crippen molar-refractivity contribution in [2.45, 2.75) is 13.3 Å². The monoisotopic (exact) mass is 393 g/mol. The molecule has 2 aliphatic heterocycles. The summed E-state index contributed by atoms with van der Waals surface area (Å²) < 4.78 is 0. The molecule has 7 heteroatoms. The van der Waals surface area contributed by atoms with E-state index in [4.69, 9.17) is 4.84 Å².